The number of hydrogen-bond acceptors (Lipinski definition) is 5. The van der Waals surface area contributed by atoms with Gasteiger partial charge in [0.1, 0.15) is 11.4 Å². The molecule has 1 aromatic heterocycles. The first-order valence-corrected chi connectivity index (χ1v) is 11.4. The number of pyridine rings is 1. The van der Waals surface area contributed by atoms with Crippen molar-refractivity contribution in [1.82, 2.24) is 9.88 Å². The van der Waals surface area contributed by atoms with E-state index in [4.69, 9.17) is 23.2 Å². The third-order valence-corrected chi connectivity index (χ3v) is 7.02. The average Bonchev–Trinajstić information content (AvgIpc) is 3.32. The van der Waals surface area contributed by atoms with Crippen molar-refractivity contribution in [3.05, 3.63) is 88.0 Å². The van der Waals surface area contributed by atoms with E-state index in [1.54, 1.807) is 43.6 Å². The Kier molecular flexibility index (Phi) is 5.43. The lowest BCUT2D eigenvalue weighted by molar-refractivity contribution is -0.124. The highest BCUT2D eigenvalue weighted by molar-refractivity contribution is 6.35. The van der Waals surface area contributed by atoms with Crippen LogP contribution in [0.3, 0.4) is 0 Å². The van der Waals surface area contributed by atoms with Crippen molar-refractivity contribution in [2.75, 3.05) is 29.9 Å². The number of benzene rings is 2. The molecule has 170 valence electrons. The highest BCUT2D eigenvalue weighted by atomic mass is 35.5. The van der Waals surface area contributed by atoms with Crippen LogP contribution in [0.15, 0.2) is 66.9 Å². The number of carbonyl (C=O) groups is 2. The largest absolute Gasteiger partial charge is 0.353 e. The van der Waals surface area contributed by atoms with Gasteiger partial charge in [-0.25, -0.2) is 14.7 Å². The lowest BCUT2D eigenvalue weighted by atomic mass is 9.80. The molecule has 0 radical (unpaired) electrons. The maximum Gasteiger partial charge on any atom is 0.332 e. The van der Waals surface area contributed by atoms with Gasteiger partial charge in [0.25, 0.3) is 5.91 Å². The summed E-state index contributed by atoms with van der Waals surface area (Å²) >= 11 is 12.4. The van der Waals surface area contributed by atoms with E-state index in [9.17, 15) is 14.9 Å². The van der Waals surface area contributed by atoms with Gasteiger partial charge in [-0.3, -0.25) is 4.79 Å². The smallest absolute Gasteiger partial charge is 0.332 e. The highest BCUT2D eigenvalue weighted by Gasteiger charge is 2.64. The molecule has 2 saturated heterocycles. The molecule has 9 heteroatoms. The maximum absolute atomic E-state index is 14.1. The lowest BCUT2D eigenvalue weighted by Gasteiger charge is -2.33. The number of imide groups is 1. The van der Waals surface area contributed by atoms with Gasteiger partial charge in [0.05, 0.1) is 23.9 Å². The van der Waals surface area contributed by atoms with Crippen molar-refractivity contribution in [2.45, 2.75) is 11.5 Å². The number of carbonyl (C=O) groups excluding carboxylic acids is 2. The van der Waals surface area contributed by atoms with Gasteiger partial charge in [0, 0.05) is 35.8 Å². The SMILES string of the molecule is CN1C(=O)N(c2cc(Cl)cc(Cl)c2)C(=O)[C@]12CN(c1ccccn1)C[C@@H]2c1ccc(C#N)cc1. The molecule has 1 spiro atoms. The maximum atomic E-state index is 14.1. The first-order valence-electron chi connectivity index (χ1n) is 10.6. The van der Waals surface area contributed by atoms with Crippen molar-refractivity contribution >= 4 is 46.6 Å². The zero-order valence-corrected chi connectivity index (χ0v) is 19.7. The fourth-order valence-electron chi connectivity index (χ4n) is 4.92. The quantitative estimate of drug-likeness (QED) is 0.496. The number of urea groups is 1. The van der Waals surface area contributed by atoms with E-state index >= 15 is 0 Å². The molecule has 2 aliphatic heterocycles. The Morgan fingerprint density at radius 1 is 1.06 bits per heavy atom. The molecule has 5 rings (SSSR count). The Bertz CT molecular complexity index is 1310. The summed E-state index contributed by atoms with van der Waals surface area (Å²) in [5, 5.41) is 9.87. The Balaban J connectivity index is 1.64. The molecular formula is C25H19Cl2N5O2. The molecule has 0 saturated carbocycles. The molecule has 3 aromatic rings. The van der Waals surface area contributed by atoms with E-state index in [-0.39, 0.29) is 18.4 Å². The summed E-state index contributed by atoms with van der Waals surface area (Å²) in [6, 6.07) is 19.1. The number of aromatic nitrogens is 1. The molecule has 2 fully saturated rings. The molecule has 3 amide bonds. The lowest BCUT2D eigenvalue weighted by Crippen LogP contribution is -2.53. The minimum absolute atomic E-state index is 0.264. The zero-order valence-electron chi connectivity index (χ0n) is 18.2. The van der Waals surface area contributed by atoms with E-state index in [1.807, 2.05) is 35.2 Å². The fraction of sp³-hybridized carbons (Fsp3) is 0.200. The molecule has 0 unspecified atom stereocenters. The summed E-state index contributed by atoms with van der Waals surface area (Å²) in [4.78, 5) is 36.8. The molecule has 34 heavy (non-hydrogen) atoms. The number of nitriles is 1. The molecule has 0 N–H and O–H groups in total. The molecular weight excluding hydrogens is 473 g/mol. The van der Waals surface area contributed by atoms with E-state index in [0.29, 0.717) is 27.8 Å². The zero-order chi connectivity index (χ0) is 24.0. The van der Waals surface area contributed by atoms with Gasteiger partial charge < -0.3 is 9.80 Å². The van der Waals surface area contributed by atoms with Gasteiger partial charge >= 0.3 is 6.03 Å². The van der Waals surface area contributed by atoms with E-state index in [1.165, 1.54) is 4.90 Å². The molecule has 2 aliphatic rings. The number of halogens is 2. The summed E-state index contributed by atoms with van der Waals surface area (Å²) in [6.07, 6.45) is 1.70. The number of anilines is 2. The number of amides is 3. The first-order chi connectivity index (χ1) is 16.3. The number of likely N-dealkylation sites (N-methyl/N-ethyl adjacent to an activating group) is 1. The van der Waals surface area contributed by atoms with Crippen LogP contribution in [0.2, 0.25) is 10.0 Å². The second-order valence-corrected chi connectivity index (χ2v) is 9.26. The van der Waals surface area contributed by atoms with Gasteiger partial charge in [-0.15, -0.1) is 0 Å². The van der Waals surface area contributed by atoms with Gasteiger partial charge in [0.15, 0.2) is 0 Å². The Morgan fingerprint density at radius 2 is 1.76 bits per heavy atom. The predicted molar refractivity (Wildman–Crippen MR) is 130 cm³/mol. The Labute approximate surface area is 206 Å². The molecule has 0 aliphatic carbocycles. The topological polar surface area (TPSA) is 80.5 Å². The van der Waals surface area contributed by atoms with Gasteiger partial charge in [-0.05, 0) is 48.0 Å². The standard InChI is InChI=1S/C25H19Cl2N5O2/c1-30-24(34)32(20-11-18(26)10-19(27)12-20)23(33)25(30)15-31(22-4-2-3-9-29-22)14-21(25)17-7-5-16(13-28)6-8-17/h2-12,21H,14-15H2,1H3/t21-,25-/m1/s1. The molecule has 7 nitrogen and oxygen atoms in total. The van der Waals surface area contributed by atoms with Crippen molar-refractivity contribution in [2.24, 2.45) is 0 Å². The highest BCUT2D eigenvalue weighted by Crippen LogP contribution is 2.47. The minimum Gasteiger partial charge on any atom is -0.353 e. The van der Waals surface area contributed by atoms with Crippen LogP contribution in [0.1, 0.15) is 17.0 Å². The van der Waals surface area contributed by atoms with Crippen LogP contribution in [-0.4, -0.2) is 47.5 Å². The van der Waals surface area contributed by atoms with Crippen LogP contribution in [0.25, 0.3) is 0 Å². The van der Waals surface area contributed by atoms with Crippen LogP contribution in [0.5, 0.6) is 0 Å². The van der Waals surface area contributed by atoms with Crippen LogP contribution in [0, 0.1) is 11.3 Å². The summed E-state index contributed by atoms with van der Waals surface area (Å²) in [7, 11) is 1.64. The summed E-state index contributed by atoms with van der Waals surface area (Å²) in [6.45, 7) is 0.733. The van der Waals surface area contributed by atoms with E-state index in [0.717, 1.165) is 16.3 Å². The third-order valence-electron chi connectivity index (χ3n) is 6.58. The van der Waals surface area contributed by atoms with Gasteiger partial charge in [-0.2, -0.15) is 5.26 Å². The van der Waals surface area contributed by atoms with Crippen LogP contribution in [0.4, 0.5) is 16.3 Å². The number of nitrogens with zero attached hydrogens (tertiary/aromatic N) is 5. The summed E-state index contributed by atoms with van der Waals surface area (Å²) in [5.74, 6) is 0.00500. The Morgan fingerprint density at radius 3 is 2.38 bits per heavy atom. The number of rotatable bonds is 3. The second-order valence-electron chi connectivity index (χ2n) is 8.39. The van der Waals surface area contributed by atoms with Crippen LogP contribution < -0.4 is 9.80 Å². The second kappa shape index (κ2) is 8.32. The normalized spacial score (nSPS) is 22.1. The molecule has 2 atom stereocenters. The van der Waals surface area contributed by atoms with Crippen molar-refractivity contribution in [3.8, 4) is 6.07 Å². The molecule has 3 heterocycles. The van der Waals surface area contributed by atoms with E-state index < -0.39 is 11.6 Å². The first kappa shape index (κ1) is 22.2. The third kappa shape index (κ3) is 3.38. The van der Waals surface area contributed by atoms with Gasteiger partial charge in [0.2, 0.25) is 0 Å². The summed E-state index contributed by atoms with van der Waals surface area (Å²) < 4.78 is 0. The van der Waals surface area contributed by atoms with Crippen LogP contribution >= 0.6 is 23.2 Å². The number of hydrogen-bond donors (Lipinski definition) is 0. The fourth-order valence-corrected chi connectivity index (χ4v) is 5.44. The molecule has 0 bridgehead atoms. The average molecular weight is 492 g/mol. The molecule has 2 aromatic carbocycles. The van der Waals surface area contributed by atoms with Gasteiger partial charge in [-0.1, -0.05) is 41.4 Å². The minimum atomic E-state index is -1.18. The van der Waals surface area contributed by atoms with Crippen molar-refractivity contribution in [3.63, 3.8) is 0 Å². The van der Waals surface area contributed by atoms with E-state index in [2.05, 4.69) is 11.1 Å². The summed E-state index contributed by atoms with van der Waals surface area (Å²) in [5.41, 5.74) is 0.523. The van der Waals surface area contributed by atoms with Crippen molar-refractivity contribution < 1.29 is 9.59 Å². The van der Waals surface area contributed by atoms with Crippen molar-refractivity contribution in [1.29, 1.82) is 5.26 Å². The Hall–Kier alpha value is -3.60. The van der Waals surface area contributed by atoms with Crippen LogP contribution in [-0.2, 0) is 4.79 Å². The monoisotopic (exact) mass is 491 g/mol. The predicted octanol–water partition coefficient (Wildman–Crippen LogP) is 4.70.